The molecule has 8 heteroatoms. The number of methoxy groups -OCH3 is 1. The molecule has 1 aromatic rings. The first kappa shape index (κ1) is 19.1. The molecule has 0 aliphatic carbocycles. The number of ether oxygens (including phenoxy) is 1. The van der Waals surface area contributed by atoms with Gasteiger partial charge < -0.3 is 25.6 Å². The van der Waals surface area contributed by atoms with Gasteiger partial charge in [-0.2, -0.15) is 0 Å². The van der Waals surface area contributed by atoms with Crippen LogP contribution in [0.2, 0.25) is 0 Å². The lowest BCUT2D eigenvalue weighted by Crippen LogP contribution is -2.53. The molecule has 1 aromatic carbocycles. The fourth-order valence-electron chi connectivity index (χ4n) is 3.53. The number of halogens is 1. The van der Waals surface area contributed by atoms with E-state index in [1.54, 1.807) is 12.0 Å². The highest BCUT2D eigenvalue weighted by Crippen LogP contribution is 2.19. The summed E-state index contributed by atoms with van der Waals surface area (Å²) in [6.45, 7) is 2.44. The second-order valence-electron chi connectivity index (χ2n) is 6.69. The third-order valence-electron chi connectivity index (χ3n) is 4.94. The molecule has 26 heavy (non-hydrogen) atoms. The van der Waals surface area contributed by atoms with E-state index < -0.39 is 6.04 Å². The van der Waals surface area contributed by atoms with Crippen LogP contribution in [0.3, 0.4) is 0 Å². The average Bonchev–Trinajstić information content (AvgIpc) is 3.28. The van der Waals surface area contributed by atoms with Gasteiger partial charge in [-0.3, -0.25) is 4.79 Å². The van der Waals surface area contributed by atoms with Crippen LogP contribution in [0.5, 0.6) is 0 Å². The standard InChI is InChI=1S/C18H25BrN4O3/c1-26-16-11-20-10-14(16)22-17(24)15-6-3-7-23(15)18(25)21-9-12-4-2-5-13(19)8-12/h2,4-5,8,14-16,20H,3,6-7,9-11H2,1H3,(H,21,25)(H,22,24)/t14-,15+,16+/m1/s1. The summed E-state index contributed by atoms with van der Waals surface area (Å²) in [6.07, 6.45) is 1.49. The summed E-state index contributed by atoms with van der Waals surface area (Å²) in [5.41, 5.74) is 1.01. The van der Waals surface area contributed by atoms with E-state index in [1.165, 1.54) is 0 Å². The van der Waals surface area contributed by atoms with Crippen LogP contribution in [0.1, 0.15) is 18.4 Å². The van der Waals surface area contributed by atoms with Crippen molar-refractivity contribution in [1.29, 1.82) is 0 Å². The number of benzene rings is 1. The van der Waals surface area contributed by atoms with Crippen LogP contribution in [0, 0.1) is 0 Å². The van der Waals surface area contributed by atoms with E-state index in [1.807, 2.05) is 24.3 Å². The molecule has 0 aromatic heterocycles. The molecule has 0 radical (unpaired) electrons. The zero-order valence-corrected chi connectivity index (χ0v) is 16.4. The molecule has 2 saturated heterocycles. The maximum absolute atomic E-state index is 12.7. The number of amides is 3. The highest BCUT2D eigenvalue weighted by Gasteiger charge is 2.37. The summed E-state index contributed by atoms with van der Waals surface area (Å²) in [5, 5.41) is 9.16. The molecule has 3 amide bonds. The van der Waals surface area contributed by atoms with Crippen molar-refractivity contribution in [3.63, 3.8) is 0 Å². The molecule has 3 atom stereocenters. The van der Waals surface area contributed by atoms with E-state index in [9.17, 15) is 9.59 Å². The smallest absolute Gasteiger partial charge is 0.318 e. The molecular weight excluding hydrogens is 400 g/mol. The van der Waals surface area contributed by atoms with Gasteiger partial charge in [0.05, 0.1) is 12.1 Å². The van der Waals surface area contributed by atoms with Crippen LogP contribution in [-0.4, -0.2) is 61.8 Å². The van der Waals surface area contributed by atoms with Gasteiger partial charge in [0.25, 0.3) is 0 Å². The highest BCUT2D eigenvalue weighted by molar-refractivity contribution is 9.10. The van der Waals surface area contributed by atoms with E-state index in [0.717, 1.165) is 23.0 Å². The predicted molar refractivity (Wildman–Crippen MR) is 102 cm³/mol. The number of nitrogens with one attached hydrogen (secondary N) is 3. The Morgan fingerprint density at radius 2 is 2.23 bits per heavy atom. The molecule has 0 bridgehead atoms. The lowest BCUT2D eigenvalue weighted by Gasteiger charge is -2.27. The first-order valence-corrected chi connectivity index (χ1v) is 9.70. The Labute approximate surface area is 162 Å². The third-order valence-corrected chi connectivity index (χ3v) is 5.43. The normalized spacial score (nSPS) is 25.3. The van der Waals surface area contributed by atoms with E-state index in [0.29, 0.717) is 26.1 Å². The second kappa shape index (κ2) is 8.83. The largest absolute Gasteiger partial charge is 0.378 e. The molecule has 142 valence electrons. The molecule has 2 aliphatic heterocycles. The Bertz CT molecular complexity index is 657. The number of likely N-dealkylation sites (tertiary alicyclic amines) is 1. The lowest BCUT2D eigenvalue weighted by molar-refractivity contribution is -0.126. The number of hydrogen-bond donors (Lipinski definition) is 3. The van der Waals surface area contributed by atoms with Crippen molar-refractivity contribution in [3.8, 4) is 0 Å². The van der Waals surface area contributed by atoms with E-state index >= 15 is 0 Å². The van der Waals surface area contributed by atoms with Gasteiger partial charge >= 0.3 is 6.03 Å². The molecule has 0 unspecified atom stereocenters. The first-order chi connectivity index (χ1) is 12.6. The molecule has 0 saturated carbocycles. The fourth-order valence-corrected chi connectivity index (χ4v) is 3.98. The van der Waals surface area contributed by atoms with E-state index in [4.69, 9.17) is 4.74 Å². The Morgan fingerprint density at radius 1 is 1.38 bits per heavy atom. The van der Waals surface area contributed by atoms with Gasteiger partial charge in [0.2, 0.25) is 5.91 Å². The molecule has 0 spiro atoms. The summed E-state index contributed by atoms with van der Waals surface area (Å²) in [6, 6.07) is 7.12. The molecule has 2 aliphatic rings. The summed E-state index contributed by atoms with van der Waals surface area (Å²) in [4.78, 5) is 26.9. The average molecular weight is 425 g/mol. The van der Waals surface area contributed by atoms with Crippen molar-refractivity contribution in [2.24, 2.45) is 0 Å². The Morgan fingerprint density at radius 3 is 3.00 bits per heavy atom. The third kappa shape index (κ3) is 4.55. The van der Waals surface area contributed by atoms with E-state index in [-0.39, 0.29) is 24.1 Å². The topological polar surface area (TPSA) is 82.7 Å². The fraction of sp³-hybridized carbons (Fsp3) is 0.556. The van der Waals surface area contributed by atoms with Gasteiger partial charge in [-0.1, -0.05) is 28.1 Å². The van der Waals surface area contributed by atoms with Crippen molar-refractivity contribution in [1.82, 2.24) is 20.9 Å². The maximum Gasteiger partial charge on any atom is 0.318 e. The van der Waals surface area contributed by atoms with Crippen molar-refractivity contribution in [2.45, 2.75) is 37.6 Å². The Kier molecular flexibility index (Phi) is 6.50. The lowest BCUT2D eigenvalue weighted by atomic mass is 10.1. The van der Waals surface area contributed by atoms with Crippen LogP contribution in [-0.2, 0) is 16.1 Å². The minimum Gasteiger partial charge on any atom is -0.378 e. The number of urea groups is 1. The predicted octanol–water partition coefficient (Wildman–Crippen LogP) is 1.23. The first-order valence-electron chi connectivity index (χ1n) is 8.91. The monoisotopic (exact) mass is 424 g/mol. The van der Waals surface area contributed by atoms with Crippen molar-refractivity contribution in [2.75, 3.05) is 26.7 Å². The van der Waals surface area contributed by atoms with Crippen molar-refractivity contribution >= 4 is 27.9 Å². The Hall–Kier alpha value is -1.64. The quantitative estimate of drug-likeness (QED) is 0.663. The maximum atomic E-state index is 12.7. The van der Waals surface area contributed by atoms with Gasteiger partial charge in [0, 0.05) is 37.8 Å². The van der Waals surface area contributed by atoms with Gasteiger partial charge in [-0.15, -0.1) is 0 Å². The SMILES string of the molecule is CO[C@H]1CNC[C@H]1NC(=O)[C@@H]1CCCN1C(=O)NCc1cccc(Br)c1. The highest BCUT2D eigenvalue weighted by atomic mass is 79.9. The summed E-state index contributed by atoms with van der Waals surface area (Å²) in [5.74, 6) is -0.101. The molecule has 2 heterocycles. The summed E-state index contributed by atoms with van der Waals surface area (Å²) < 4.78 is 6.36. The van der Waals surface area contributed by atoms with Gasteiger partial charge in [0.15, 0.2) is 0 Å². The van der Waals surface area contributed by atoms with Gasteiger partial charge in [0.1, 0.15) is 6.04 Å². The van der Waals surface area contributed by atoms with Crippen LogP contribution >= 0.6 is 15.9 Å². The zero-order chi connectivity index (χ0) is 18.5. The van der Waals surface area contributed by atoms with Crippen molar-refractivity contribution in [3.05, 3.63) is 34.3 Å². The molecule has 7 nitrogen and oxygen atoms in total. The van der Waals surface area contributed by atoms with Crippen molar-refractivity contribution < 1.29 is 14.3 Å². The van der Waals surface area contributed by atoms with Crippen LogP contribution < -0.4 is 16.0 Å². The molecule has 2 fully saturated rings. The van der Waals surface area contributed by atoms with Gasteiger partial charge in [-0.05, 0) is 30.5 Å². The number of rotatable bonds is 5. The summed E-state index contributed by atoms with van der Waals surface area (Å²) in [7, 11) is 1.65. The number of hydrogen-bond acceptors (Lipinski definition) is 4. The van der Waals surface area contributed by atoms with E-state index in [2.05, 4.69) is 31.9 Å². The zero-order valence-electron chi connectivity index (χ0n) is 14.8. The second-order valence-corrected chi connectivity index (χ2v) is 7.60. The van der Waals surface area contributed by atoms with Gasteiger partial charge in [-0.25, -0.2) is 4.79 Å². The van der Waals surface area contributed by atoms with Crippen LogP contribution in [0.4, 0.5) is 4.79 Å². The Balaban J connectivity index is 1.55. The molecular formula is C18H25BrN4O3. The minimum atomic E-state index is -0.421. The number of nitrogens with zero attached hydrogens (tertiary/aromatic N) is 1. The summed E-state index contributed by atoms with van der Waals surface area (Å²) >= 11 is 3.42. The number of carbonyl (C=O) groups excluding carboxylic acids is 2. The van der Waals surface area contributed by atoms with Crippen LogP contribution in [0.15, 0.2) is 28.7 Å². The minimum absolute atomic E-state index is 0.0286. The molecule has 3 rings (SSSR count). The molecule has 3 N–H and O–H groups in total. The van der Waals surface area contributed by atoms with Crippen LogP contribution in [0.25, 0.3) is 0 Å². The number of carbonyl (C=O) groups is 2.